The van der Waals surface area contributed by atoms with Gasteiger partial charge in [-0.15, -0.1) is 24.0 Å². The van der Waals surface area contributed by atoms with Crippen LogP contribution in [0.1, 0.15) is 12.2 Å². The van der Waals surface area contributed by atoms with Gasteiger partial charge >= 0.3 is 6.18 Å². The van der Waals surface area contributed by atoms with Crippen LogP contribution in [-0.2, 0) is 6.42 Å². The first-order valence-electron chi connectivity index (χ1n) is 7.72. The molecule has 1 atom stereocenters. The Morgan fingerprint density at radius 1 is 1.42 bits per heavy atom. The third-order valence-corrected chi connectivity index (χ3v) is 3.80. The van der Waals surface area contributed by atoms with Gasteiger partial charge in [-0.05, 0) is 31.0 Å². The molecule has 1 aliphatic heterocycles. The van der Waals surface area contributed by atoms with E-state index in [9.17, 15) is 13.2 Å². The molecular formula is C15H24F3IN4O. The van der Waals surface area contributed by atoms with Crippen molar-refractivity contribution >= 4 is 29.9 Å². The summed E-state index contributed by atoms with van der Waals surface area (Å²) in [5.41, 5.74) is 0. The molecular weight excluding hydrogens is 436 g/mol. The van der Waals surface area contributed by atoms with Gasteiger partial charge in [-0.25, -0.2) is 0 Å². The Balaban J connectivity index is 0.00000288. The Bertz CT molecular complexity index is 493. The Morgan fingerprint density at radius 2 is 2.21 bits per heavy atom. The highest BCUT2D eigenvalue weighted by Gasteiger charge is 2.34. The maximum Gasteiger partial charge on any atom is 0.401 e. The lowest BCUT2D eigenvalue weighted by molar-refractivity contribution is -0.143. The number of nitrogens with zero attached hydrogens (tertiary/aromatic N) is 2. The van der Waals surface area contributed by atoms with E-state index in [4.69, 9.17) is 4.42 Å². The van der Waals surface area contributed by atoms with E-state index in [1.165, 1.54) is 4.90 Å². The summed E-state index contributed by atoms with van der Waals surface area (Å²) >= 11 is 0. The van der Waals surface area contributed by atoms with E-state index in [-0.39, 0.29) is 29.9 Å². The van der Waals surface area contributed by atoms with E-state index >= 15 is 0 Å². The number of alkyl halides is 3. The standard InChI is InChI=1S/C15H23F3N4O.HI/c1-19-14(20-6-4-13-3-2-8-23-13)21-9-12-5-7-22(10-12)11-15(16,17)18;/h2-3,8,12H,4-7,9-11H2,1H3,(H2,19,20,21);1H. The highest BCUT2D eigenvalue weighted by molar-refractivity contribution is 14.0. The Labute approximate surface area is 157 Å². The first-order chi connectivity index (χ1) is 11.0. The molecule has 5 nitrogen and oxygen atoms in total. The van der Waals surface area contributed by atoms with Crippen molar-refractivity contribution in [2.75, 3.05) is 39.8 Å². The lowest BCUT2D eigenvalue weighted by Crippen LogP contribution is -2.41. The summed E-state index contributed by atoms with van der Waals surface area (Å²) in [5, 5.41) is 6.34. The molecule has 2 rings (SSSR count). The second kappa shape index (κ2) is 10.1. The fourth-order valence-electron chi connectivity index (χ4n) is 2.70. The van der Waals surface area contributed by atoms with E-state index in [0.717, 1.165) is 18.6 Å². The monoisotopic (exact) mass is 460 g/mol. The van der Waals surface area contributed by atoms with E-state index < -0.39 is 12.7 Å². The van der Waals surface area contributed by atoms with Gasteiger partial charge in [0.2, 0.25) is 0 Å². The molecule has 1 unspecified atom stereocenters. The molecule has 0 amide bonds. The van der Waals surface area contributed by atoms with Gasteiger partial charge in [-0.2, -0.15) is 13.2 Å². The molecule has 0 aromatic carbocycles. The molecule has 2 heterocycles. The van der Waals surface area contributed by atoms with Gasteiger partial charge in [-0.1, -0.05) is 0 Å². The molecule has 0 spiro atoms. The Morgan fingerprint density at radius 3 is 2.83 bits per heavy atom. The Hall–Kier alpha value is -0.970. The summed E-state index contributed by atoms with van der Waals surface area (Å²) in [6.07, 6.45) is -0.968. The first kappa shape index (κ1) is 21.1. The quantitative estimate of drug-likeness (QED) is 0.389. The normalized spacial score (nSPS) is 19.2. The van der Waals surface area contributed by atoms with E-state index in [1.54, 1.807) is 13.3 Å². The largest absolute Gasteiger partial charge is 0.469 e. The number of aliphatic imine (C=N–C) groups is 1. The summed E-state index contributed by atoms with van der Waals surface area (Å²) in [6, 6.07) is 3.75. The fraction of sp³-hybridized carbons (Fsp3) is 0.667. The number of likely N-dealkylation sites (tertiary alicyclic amines) is 1. The zero-order valence-electron chi connectivity index (χ0n) is 13.6. The van der Waals surface area contributed by atoms with Crippen molar-refractivity contribution in [2.45, 2.75) is 19.0 Å². The summed E-state index contributed by atoms with van der Waals surface area (Å²) < 4.78 is 42.3. The van der Waals surface area contributed by atoms with Crippen molar-refractivity contribution in [3.05, 3.63) is 24.2 Å². The van der Waals surface area contributed by atoms with Crippen LogP contribution in [0.5, 0.6) is 0 Å². The minimum absolute atomic E-state index is 0. The predicted molar refractivity (Wildman–Crippen MR) is 97.8 cm³/mol. The van der Waals surface area contributed by atoms with Gasteiger partial charge in [0, 0.05) is 33.1 Å². The maximum atomic E-state index is 12.4. The SMILES string of the molecule is CN=C(NCCc1ccco1)NCC1CCN(CC(F)(F)F)C1.I. The van der Waals surface area contributed by atoms with Crippen LogP contribution in [0.15, 0.2) is 27.8 Å². The summed E-state index contributed by atoms with van der Waals surface area (Å²) in [5.74, 6) is 1.76. The van der Waals surface area contributed by atoms with Crippen molar-refractivity contribution < 1.29 is 17.6 Å². The van der Waals surface area contributed by atoms with Crippen LogP contribution < -0.4 is 10.6 Å². The fourth-order valence-corrected chi connectivity index (χ4v) is 2.70. The molecule has 1 saturated heterocycles. The third kappa shape index (κ3) is 7.73. The average Bonchev–Trinajstić information content (AvgIpc) is 3.12. The van der Waals surface area contributed by atoms with Crippen molar-refractivity contribution in [2.24, 2.45) is 10.9 Å². The van der Waals surface area contributed by atoms with Gasteiger partial charge in [0.15, 0.2) is 5.96 Å². The minimum Gasteiger partial charge on any atom is -0.469 e. The molecule has 9 heteroatoms. The first-order valence-corrected chi connectivity index (χ1v) is 7.72. The number of halogens is 4. The van der Waals surface area contributed by atoms with Gasteiger partial charge in [0.25, 0.3) is 0 Å². The van der Waals surface area contributed by atoms with E-state index in [2.05, 4.69) is 15.6 Å². The highest BCUT2D eigenvalue weighted by atomic mass is 127. The van der Waals surface area contributed by atoms with Gasteiger partial charge in [-0.3, -0.25) is 9.89 Å². The molecule has 1 aromatic heterocycles. The number of furan rings is 1. The smallest absolute Gasteiger partial charge is 0.401 e. The van der Waals surface area contributed by atoms with Crippen LogP contribution in [0.25, 0.3) is 0 Å². The number of hydrogen-bond donors (Lipinski definition) is 2. The molecule has 1 aromatic rings. The predicted octanol–water partition coefficient (Wildman–Crippen LogP) is 2.49. The zero-order valence-corrected chi connectivity index (χ0v) is 15.9. The molecule has 24 heavy (non-hydrogen) atoms. The number of nitrogens with one attached hydrogen (secondary N) is 2. The zero-order chi connectivity index (χ0) is 16.7. The summed E-state index contributed by atoms with van der Waals surface area (Å²) in [7, 11) is 1.67. The van der Waals surface area contributed by atoms with Crippen LogP contribution in [0, 0.1) is 5.92 Å². The molecule has 0 aliphatic carbocycles. The molecule has 0 bridgehead atoms. The van der Waals surface area contributed by atoms with E-state index in [1.807, 2.05) is 12.1 Å². The molecule has 1 fully saturated rings. The average molecular weight is 460 g/mol. The second-order valence-electron chi connectivity index (χ2n) is 5.71. The van der Waals surface area contributed by atoms with Crippen molar-refractivity contribution in [3.63, 3.8) is 0 Å². The van der Waals surface area contributed by atoms with Crippen molar-refractivity contribution in [3.8, 4) is 0 Å². The van der Waals surface area contributed by atoms with Crippen LogP contribution in [0.2, 0.25) is 0 Å². The number of rotatable bonds is 6. The van der Waals surface area contributed by atoms with Gasteiger partial charge in [0.1, 0.15) is 5.76 Å². The van der Waals surface area contributed by atoms with Crippen LogP contribution in [-0.4, -0.2) is 56.8 Å². The molecule has 138 valence electrons. The van der Waals surface area contributed by atoms with Crippen LogP contribution in [0.4, 0.5) is 13.2 Å². The molecule has 0 saturated carbocycles. The topological polar surface area (TPSA) is 52.8 Å². The van der Waals surface area contributed by atoms with Crippen molar-refractivity contribution in [1.29, 1.82) is 0 Å². The van der Waals surface area contributed by atoms with Crippen LogP contribution >= 0.6 is 24.0 Å². The molecule has 2 N–H and O–H groups in total. The third-order valence-electron chi connectivity index (χ3n) is 3.80. The maximum absolute atomic E-state index is 12.4. The Kier molecular flexibility index (Phi) is 8.88. The lowest BCUT2D eigenvalue weighted by atomic mass is 10.1. The number of hydrogen-bond acceptors (Lipinski definition) is 3. The van der Waals surface area contributed by atoms with E-state index in [0.29, 0.717) is 32.1 Å². The molecule has 1 aliphatic rings. The molecule has 0 radical (unpaired) electrons. The van der Waals surface area contributed by atoms with Gasteiger partial charge < -0.3 is 15.1 Å². The van der Waals surface area contributed by atoms with Crippen molar-refractivity contribution in [1.82, 2.24) is 15.5 Å². The van der Waals surface area contributed by atoms with Crippen LogP contribution in [0.3, 0.4) is 0 Å². The lowest BCUT2D eigenvalue weighted by Gasteiger charge is -2.18. The summed E-state index contributed by atoms with van der Waals surface area (Å²) in [4.78, 5) is 5.57. The highest BCUT2D eigenvalue weighted by Crippen LogP contribution is 2.22. The summed E-state index contributed by atoms with van der Waals surface area (Å²) in [6.45, 7) is 1.44. The number of guanidine groups is 1. The van der Waals surface area contributed by atoms with Gasteiger partial charge in [0.05, 0.1) is 12.8 Å². The minimum atomic E-state index is -4.12. The second-order valence-corrected chi connectivity index (χ2v) is 5.71.